The van der Waals surface area contributed by atoms with E-state index in [4.69, 9.17) is 14.2 Å². The molecule has 0 spiro atoms. The Kier molecular flexibility index (Phi) is 8.23. The number of ether oxygens (including phenoxy) is 3. The van der Waals surface area contributed by atoms with Crippen molar-refractivity contribution in [3.63, 3.8) is 0 Å². The third-order valence-electron chi connectivity index (χ3n) is 7.16. The zero-order valence-electron chi connectivity index (χ0n) is 20.7. The summed E-state index contributed by atoms with van der Waals surface area (Å²) in [5.74, 6) is 0.879. The quantitative estimate of drug-likeness (QED) is 0.663. The molecule has 4 heterocycles. The second kappa shape index (κ2) is 11.5. The molecule has 35 heavy (non-hydrogen) atoms. The maximum absolute atomic E-state index is 13.4. The van der Waals surface area contributed by atoms with Crippen molar-refractivity contribution in [2.45, 2.75) is 32.1 Å². The molecule has 3 aliphatic rings. The minimum Gasteiger partial charge on any atom is -0.491 e. The van der Waals surface area contributed by atoms with E-state index in [1.54, 1.807) is 25.4 Å². The largest absolute Gasteiger partial charge is 0.491 e. The van der Waals surface area contributed by atoms with Gasteiger partial charge in [0.1, 0.15) is 12.4 Å². The number of benzene rings is 1. The van der Waals surface area contributed by atoms with Crippen molar-refractivity contribution in [1.29, 1.82) is 0 Å². The van der Waals surface area contributed by atoms with Crippen LogP contribution in [0.25, 0.3) is 0 Å². The molecule has 0 N–H and O–H groups in total. The monoisotopic (exact) mass is 481 g/mol. The van der Waals surface area contributed by atoms with Gasteiger partial charge in [-0.05, 0) is 49.3 Å². The standard InChI is InChI=1S/C27H35N3O5/c1-33-20-27-10-5-6-14-29(25(31)21-9-13-28-24(19-21)34-2)17-18-35-23-8-4-3-7-22(23)26(32)30(15-11-27)16-12-27/h3-4,7-9,13,19H,5-6,10-12,14-18,20H2,1-2H3. The van der Waals surface area contributed by atoms with Gasteiger partial charge in [-0.1, -0.05) is 18.6 Å². The lowest BCUT2D eigenvalue weighted by Gasteiger charge is -2.41. The van der Waals surface area contributed by atoms with E-state index in [9.17, 15) is 9.59 Å². The number of pyridine rings is 1. The number of hydrogen-bond donors (Lipinski definition) is 0. The second-order valence-corrected chi connectivity index (χ2v) is 9.41. The maximum atomic E-state index is 13.4. The van der Waals surface area contributed by atoms with E-state index < -0.39 is 0 Å². The molecule has 1 saturated heterocycles. The Morgan fingerprint density at radius 2 is 1.86 bits per heavy atom. The number of rotatable bonds is 4. The molecular weight excluding hydrogens is 446 g/mol. The fourth-order valence-electron chi connectivity index (χ4n) is 5.12. The Morgan fingerprint density at radius 3 is 2.63 bits per heavy atom. The van der Waals surface area contributed by atoms with Crippen LogP contribution in [-0.4, -0.2) is 80.2 Å². The summed E-state index contributed by atoms with van der Waals surface area (Å²) in [5, 5.41) is 0. The molecule has 188 valence electrons. The van der Waals surface area contributed by atoms with Crippen LogP contribution in [-0.2, 0) is 4.74 Å². The number of nitrogens with zero attached hydrogens (tertiary/aromatic N) is 3. The van der Waals surface area contributed by atoms with Gasteiger partial charge in [0.2, 0.25) is 5.88 Å². The van der Waals surface area contributed by atoms with E-state index in [-0.39, 0.29) is 17.2 Å². The van der Waals surface area contributed by atoms with E-state index in [0.29, 0.717) is 62.1 Å². The van der Waals surface area contributed by atoms with Crippen LogP contribution >= 0.6 is 0 Å². The predicted molar refractivity (Wildman–Crippen MR) is 132 cm³/mol. The van der Waals surface area contributed by atoms with Crippen LogP contribution in [0.2, 0.25) is 0 Å². The zero-order valence-corrected chi connectivity index (χ0v) is 20.7. The molecule has 0 atom stereocenters. The molecule has 1 fully saturated rings. The Labute approximate surface area is 207 Å². The van der Waals surface area contributed by atoms with Gasteiger partial charge >= 0.3 is 0 Å². The van der Waals surface area contributed by atoms with Gasteiger partial charge in [0.25, 0.3) is 11.8 Å². The van der Waals surface area contributed by atoms with Crippen molar-refractivity contribution in [3.8, 4) is 11.6 Å². The van der Waals surface area contributed by atoms with E-state index in [0.717, 1.165) is 32.1 Å². The van der Waals surface area contributed by atoms with Crippen molar-refractivity contribution < 1.29 is 23.8 Å². The molecule has 1 aromatic heterocycles. The average Bonchev–Trinajstić information content (AvgIpc) is 2.90. The third kappa shape index (κ3) is 5.93. The molecule has 0 saturated carbocycles. The maximum Gasteiger partial charge on any atom is 0.257 e. The number of amides is 2. The minimum atomic E-state index is -0.0818. The Hall–Kier alpha value is -3.13. The number of carbonyl (C=O) groups is 2. The third-order valence-corrected chi connectivity index (χ3v) is 7.16. The molecule has 0 radical (unpaired) electrons. The first-order chi connectivity index (χ1) is 17.0. The summed E-state index contributed by atoms with van der Waals surface area (Å²) in [4.78, 5) is 34.6. The van der Waals surface area contributed by atoms with Crippen LogP contribution in [0, 0.1) is 5.41 Å². The molecule has 3 aliphatic heterocycles. The molecular formula is C27H35N3O5. The van der Waals surface area contributed by atoms with Gasteiger partial charge in [-0.15, -0.1) is 0 Å². The molecule has 8 heteroatoms. The summed E-state index contributed by atoms with van der Waals surface area (Å²) < 4.78 is 16.9. The highest BCUT2D eigenvalue weighted by Crippen LogP contribution is 2.38. The number of hydrogen-bond acceptors (Lipinski definition) is 6. The van der Waals surface area contributed by atoms with E-state index in [2.05, 4.69) is 4.98 Å². The lowest BCUT2D eigenvalue weighted by molar-refractivity contribution is 0.0136. The minimum absolute atomic E-state index is 0.00157. The van der Waals surface area contributed by atoms with Crippen molar-refractivity contribution in [2.24, 2.45) is 5.41 Å². The number of methoxy groups -OCH3 is 2. The summed E-state index contributed by atoms with van der Waals surface area (Å²) in [6.07, 6.45) is 6.30. The first-order valence-electron chi connectivity index (χ1n) is 12.3. The fourth-order valence-corrected chi connectivity index (χ4v) is 5.12. The summed E-state index contributed by atoms with van der Waals surface area (Å²) in [7, 11) is 3.28. The molecule has 8 nitrogen and oxygen atoms in total. The normalized spacial score (nSPS) is 18.7. The lowest BCUT2D eigenvalue weighted by atomic mass is 9.75. The molecule has 2 bridgehead atoms. The molecule has 2 aromatic rings. The topological polar surface area (TPSA) is 81.2 Å². The van der Waals surface area contributed by atoms with Crippen LogP contribution in [0.3, 0.4) is 0 Å². The van der Waals surface area contributed by atoms with Crippen molar-refractivity contribution in [1.82, 2.24) is 14.8 Å². The van der Waals surface area contributed by atoms with Crippen LogP contribution < -0.4 is 9.47 Å². The first kappa shape index (κ1) is 25.0. The van der Waals surface area contributed by atoms with Gasteiger partial charge in [0, 0.05) is 44.6 Å². The molecule has 2 amide bonds. The number of piperidine rings is 1. The fraction of sp³-hybridized carbons (Fsp3) is 0.519. The first-order valence-corrected chi connectivity index (χ1v) is 12.3. The van der Waals surface area contributed by atoms with Gasteiger partial charge in [-0.2, -0.15) is 0 Å². The second-order valence-electron chi connectivity index (χ2n) is 9.41. The molecule has 1 aromatic carbocycles. The van der Waals surface area contributed by atoms with Gasteiger partial charge in [-0.3, -0.25) is 9.59 Å². The van der Waals surface area contributed by atoms with E-state index in [1.165, 1.54) is 7.11 Å². The van der Waals surface area contributed by atoms with Crippen molar-refractivity contribution in [3.05, 3.63) is 53.7 Å². The van der Waals surface area contributed by atoms with Gasteiger partial charge < -0.3 is 24.0 Å². The molecule has 5 rings (SSSR count). The lowest BCUT2D eigenvalue weighted by Crippen LogP contribution is -2.45. The summed E-state index contributed by atoms with van der Waals surface area (Å²) in [5.41, 5.74) is 1.17. The number of carbonyl (C=O) groups excluding carboxylic acids is 2. The van der Waals surface area contributed by atoms with Crippen LogP contribution in [0.1, 0.15) is 52.8 Å². The highest BCUT2D eigenvalue weighted by molar-refractivity contribution is 5.97. The van der Waals surface area contributed by atoms with E-state index in [1.807, 2.05) is 34.1 Å². The van der Waals surface area contributed by atoms with Crippen LogP contribution in [0.4, 0.5) is 0 Å². The Balaban J connectivity index is 1.58. The smallest absolute Gasteiger partial charge is 0.257 e. The van der Waals surface area contributed by atoms with Crippen LogP contribution in [0.15, 0.2) is 42.6 Å². The van der Waals surface area contributed by atoms with Gasteiger partial charge in [-0.25, -0.2) is 4.98 Å². The van der Waals surface area contributed by atoms with Gasteiger partial charge in [0.15, 0.2) is 0 Å². The Morgan fingerprint density at radius 1 is 1.06 bits per heavy atom. The number of para-hydroxylation sites is 1. The highest BCUT2D eigenvalue weighted by atomic mass is 16.5. The van der Waals surface area contributed by atoms with E-state index >= 15 is 0 Å². The summed E-state index contributed by atoms with van der Waals surface area (Å²) in [6.45, 7) is 3.46. The number of fused-ring (bicyclic) bond motifs is 9. The number of aromatic nitrogens is 1. The van der Waals surface area contributed by atoms with Crippen LogP contribution in [0.5, 0.6) is 11.6 Å². The molecule has 0 aliphatic carbocycles. The molecule has 0 unspecified atom stereocenters. The Bertz CT molecular complexity index is 1020. The highest BCUT2D eigenvalue weighted by Gasteiger charge is 2.36. The zero-order chi connectivity index (χ0) is 24.7. The SMILES string of the molecule is COCC12CCCCN(C(=O)c3ccnc(OC)c3)CCOc3ccccc3C(=O)N(CC1)CC2. The summed E-state index contributed by atoms with van der Waals surface area (Å²) >= 11 is 0. The average molecular weight is 482 g/mol. The predicted octanol–water partition coefficient (Wildman–Crippen LogP) is 3.66. The van der Waals surface area contributed by atoms with Crippen molar-refractivity contribution >= 4 is 11.8 Å². The summed E-state index contributed by atoms with van der Waals surface area (Å²) in [6, 6.07) is 10.7. The van der Waals surface area contributed by atoms with Gasteiger partial charge in [0.05, 0.1) is 25.8 Å². The van der Waals surface area contributed by atoms with Crippen molar-refractivity contribution in [2.75, 3.05) is 53.6 Å².